The van der Waals surface area contributed by atoms with Gasteiger partial charge in [0.1, 0.15) is 5.82 Å². The zero-order valence-electron chi connectivity index (χ0n) is 10.7. The summed E-state index contributed by atoms with van der Waals surface area (Å²) in [4.78, 5) is 12.3. The van der Waals surface area contributed by atoms with E-state index in [9.17, 15) is 9.18 Å². The fourth-order valence-corrected chi connectivity index (χ4v) is 2.67. The number of hydrogen-bond acceptors (Lipinski definition) is 1. The maximum Gasteiger partial charge on any atom is 0.193 e. The molecule has 2 aromatic carbocycles. The molecule has 0 atom stereocenters. The van der Waals surface area contributed by atoms with Gasteiger partial charge in [0.05, 0.1) is 0 Å². The molecule has 0 spiro atoms. The lowest BCUT2D eigenvalue weighted by Crippen LogP contribution is -2.07. The third kappa shape index (κ3) is 2.43. The SMILES string of the molecule is O=C(c1cccc(F)c1)c1ccc2c(c1)CCCC2. The molecular weight excluding hydrogens is 239 g/mol. The first-order chi connectivity index (χ1) is 9.24. The average molecular weight is 254 g/mol. The quantitative estimate of drug-likeness (QED) is 0.742. The molecule has 0 radical (unpaired) electrons. The van der Waals surface area contributed by atoms with Crippen molar-refractivity contribution in [3.05, 3.63) is 70.5 Å². The average Bonchev–Trinajstić information content (AvgIpc) is 2.46. The first-order valence-electron chi connectivity index (χ1n) is 6.66. The van der Waals surface area contributed by atoms with Crippen LogP contribution < -0.4 is 0 Å². The van der Waals surface area contributed by atoms with E-state index in [0.29, 0.717) is 11.1 Å². The van der Waals surface area contributed by atoms with E-state index in [0.717, 1.165) is 12.8 Å². The number of fused-ring (bicyclic) bond motifs is 1. The van der Waals surface area contributed by atoms with Crippen molar-refractivity contribution in [2.45, 2.75) is 25.7 Å². The van der Waals surface area contributed by atoms with Crippen molar-refractivity contribution >= 4 is 5.78 Å². The zero-order valence-corrected chi connectivity index (χ0v) is 10.7. The van der Waals surface area contributed by atoms with E-state index >= 15 is 0 Å². The van der Waals surface area contributed by atoms with E-state index in [1.807, 2.05) is 18.2 Å². The minimum Gasteiger partial charge on any atom is -0.289 e. The highest BCUT2D eigenvalue weighted by molar-refractivity contribution is 6.09. The number of benzene rings is 2. The van der Waals surface area contributed by atoms with Gasteiger partial charge in [-0.05, 0) is 55.0 Å². The summed E-state index contributed by atoms with van der Waals surface area (Å²) < 4.78 is 13.2. The smallest absolute Gasteiger partial charge is 0.193 e. The van der Waals surface area contributed by atoms with Crippen LogP contribution in [0.4, 0.5) is 4.39 Å². The summed E-state index contributed by atoms with van der Waals surface area (Å²) in [5.74, 6) is -0.475. The molecule has 0 saturated heterocycles. The van der Waals surface area contributed by atoms with Gasteiger partial charge in [0, 0.05) is 11.1 Å². The van der Waals surface area contributed by atoms with E-state index in [4.69, 9.17) is 0 Å². The third-order valence-electron chi connectivity index (χ3n) is 3.70. The maximum atomic E-state index is 13.2. The molecule has 3 rings (SSSR count). The fourth-order valence-electron chi connectivity index (χ4n) is 2.67. The van der Waals surface area contributed by atoms with E-state index in [1.54, 1.807) is 12.1 Å². The van der Waals surface area contributed by atoms with E-state index < -0.39 is 0 Å². The number of carbonyl (C=O) groups is 1. The Morgan fingerprint density at radius 1 is 0.895 bits per heavy atom. The van der Waals surface area contributed by atoms with Crippen molar-refractivity contribution in [2.75, 3.05) is 0 Å². The van der Waals surface area contributed by atoms with Crippen molar-refractivity contribution in [3.63, 3.8) is 0 Å². The van der Waals surface area contributed by atoms with Crippen LogP contribution in [0.5, 0.6) is 0 Å². The van der Waals surface area contributed by atoms with Crippen LogP contribution in [0.2, 0.25) is 0 Å². The molecule has 1 nitrogen and oxygen atoms in total. The molecule has 0 heterocycles. The lowest BCUT2D eigenvalue weighted by atomic mass is 9.89. The Bertz CT molecular complexity index is 631. The molecule has 0 bridgehead atoms. The Hall–Kier alpha value is -1.96. The molecule has 1 aliphatic rings. The van der Waals surface area contributed by atoms with Gasteiger partial charge in [-0.2, -0.15) is 0 Å². The van der Waals surface area contributed by atoms with Gasteiger partial charge in [0.15, 0.2) is 5.78 Å². The highest BCUT2D eigenvalue weighted by Crippen LogP contribution is 2.23. The molecule has 0 amide bonds. The van der Waals surface area contributed by atoms with Gasteiger partial charge < -0.3 is 0 Å². The van der Waals surface area contributed by atoms with Crippen LogP contribution >= 0.6 is 0 Å². The van der Waals surface area contributed by atoms with Crippen molar-refractivity contribution in [2.24, 2.45) is 0 Å². The first-order valence-corrected chi connectivity index (χ1v) is 6.66. The molecule has 1 aliphatic carbocycles. The maximum absolute atomic E-state index is 13.2. The van der Waals surface area contributed by atoms with Gasteiger partial charge in [-0.1, -0.05) is 24.3 Å². The predicted molar refractivity (Wildman–Crippen MR) is 72.9 cm³/mol. The van der Waals surface area contributed by atoms with Crippen LogP contribution in [0.3, 0.4) is 0 Å². The number of aryl methyl sites for hydroxylation is 2. The molecule has 0 aromatic heterocycles. The van der Waals surface area contributed by atoms with Gasteiger partial charge in [-0.3, -0.25) is 4.79 Å². The summed E-state index contributed by atoms with van der Waals surface area (Å²) in [7, 11) is 0. The van der Waals surface area contributed by atoms with E-state index in [-0.39, 0.29) is 11.6 Å². The van der Waals surface area contributed by atoms with Crippen molar-refractivity contribution in [3.8, 4) is 0 Å². The van der Waals surface area contributed by atoms with Crippen LogP contribution in [0, 0.1) is 5.82 Å². The minimum absolute atomic E-state index is 0.104. The summed E-state index contributed by atoms with van der Waals surface area (Å²) in [5.41, 5.74) is 3.69. The summed E-state index contributed by atoms with van der Waals surface area (Å²) >= 11 is 0. The van der Waals surface area contributed by atoms with Gasteiger partial charge >= 0.3 is 0 Å². The molecule has 0 fully saturated rings. The minimum atomic E-state index is -0.371. The molecule has 0 N–H and O–H groups in total. The van der Waals surface area contributed by atoms with E-state index in [1.165, 1.54) is 36.1 Å². The van der Waals surface area contributed by atoms with Crippen LogP contribution in [0.25, 0.3) is 0 Å². The summed E-state index contributed by atoms with van der Waals surface area (Å²) in [6, 6.07) is 11.7. The normalized spacial score (nSPS) is 13.9. The number of ketones is 1. The van der Waals surface area contributed by atoms with Gasteiger partial charge in [0.2, 0.25) is 0 Å². The van der Waals surface area contributed by atoms with Crippen molar-refractivity contribution in [1.29, 1.82) is 0 Å². The van der Waals surface area contributed by atoms with Crippen LogP contribution in [0.1, 0.15) is 39.9 Å². The Labute approximate surface area is 112 Å². The lowest BCUT2D eigenvalue weighted by molar-refractivity contribution is 0.103. The molecule has 19 heavy (non-hydrogen) atoms. The van der Waals surface area contributed by atoms with Gasteiger partial charge in [-0.25, -0.2) is 4.39 Å². The van der Waals surface area contributed by atoms with Crippen LogP contribution in [0.15, 0.2) is 42.5 Å². The molecule has 2 aromatic rings. The molecule has 2 heteroatoms. The second kappa shape index (κ2) is 4.96. The summed E-state index contributed by atoms with van der Waals surface area (Å²) in [6.45, 7) is 0. The van der Waals surface area contributed by atoms with Crippen molar-refractivity contribution in [1.82, 2.24) is 0 Å². The van der Waals surface area contributed by atoms with Crippen LogP contribution in [-0.2, 0) is 12.8 Å². The second-order valence-electron chi connectivity index (χ2n) is 5.03. The highest BCUT2D eigenvalue weighted by atomic mass is 19.1. The monoisotopic (exact) mass is 254 g/mol. The van der Waals surface area contributed by atoms with Gasteiger partial charge in [0.25, 0.3) is 0 Å². The summed E-state index contributed by atoms with van der Waals surface area (Å²) in [5, 5.41) is 0. The standard InChI is InChI=1S/C17H15FO/c18-16-7-3-6-14(11-16)17(19)15-9-8-12-4-1-2-5-13(12)10-15/h3,6-11H,1-2,4-5H2. The number of hydrogen-bond donors (Lipinski definition) is 0. The molecule has 0 saturated carbocycles. The lowest BCUT2D eigenvalue weighted by Gasteiger charge is -2.16. The Balaban J connectivity index is 1.96. The number of carbonyl (C=O) groups excluding carboxylic acids is 1. The number of rotatable bonds is 2. The van der Waals surface area contributed by atoms with Crippen molar-refractivity contribution < 1.29 is 9.18 Å². The highest BCUT2D eigenvalue weighted by Gasteiger charge is 2.14. The fraction of sp³-hybridized carbons (Fsp3) is 0.235. The molecule has 0 aliphatic heterocycles. The number of halogens is 1. The summed E-state index contributed by atoms with van der Waals surface area (Å²) in [6.07, 6.45) is 4.55. The topological polar surface area (TPSA) is 17.1 Å². The molecule has 96 valence electrons. The Morgan fingerprint density at radius 2 is 1.63 bits per heavy atom. The predicted octanol–water partition coefficient (Wildman–Crippen LogP) is 3.94. The molecule has 0 unspecified atom stereocenters. The Morgan fingerprint density at radius 3 is 2.42 bits per heavy atom. The first kappa shape index (κ1) is 12.1. The molecular formula is C17H15FO. The Kier molecular flexibility index (Phi) is 3.16. The third-order valence-corrected chi connectivity index (χ3v) is 3.70. The van der Waals surface area contributed by atoms with Gasteiger partial charge in [-0.15, -0.1) is 0 Å². The zero-order chi connectivity index (χ0) is 13.2. The second-order valence-corrected chi connectivity index (χ2v) is 5.03. The van der Waals surface area contributed by atoms with Crippen LogP contribution in [-0.4, -0.2) is 5.78 Å². The largest absolute Gasteiger partial charge is 0.289 e. The van der Waals surface area contributed by atoms with E-state index in [2.05, 4.69) is 0 Å².